The first-order chi connectivity index (χ1) is 12.7. The quantitative estimate of drug-likeness (QED) is 0.393. The van der Waals surface area contributed by atoms with Gasteiger partial charge in [-0.05, 0) is 50.9 Å². The minimum absolute atomic E-state index is 0.145. The summed E-state index contributed by atoms with van der Waals surface area (Å²) >= 11 is 0. The molecule has 11 heteroatoms. The molecule has 0 saturated heterocycles. The van der Waals surface area contributed by atoms with Crippen LogP contribution in [0.25, 0.3) is 0 Å². The van der Waals surface area contributed by atoms with Gasteiger partial charge in [-0.25, -0.2) is 9.59 Å². The lowest BCUT2D eigenvalue weighted by molar-refractivity contribution is -0.221. The second-order valence-corrected chi connectivity index (χ2v) is 9.80. The van der Waals surface area contributed by atoms with Crippen LogP contribution >= 0.6 is 0 Å². The fourth-order valence-electron chi connectivity index (χ4n) is 5.04. The van der Waals surface area contributed by atoms with Crippen molar-refractivity contribution in [3.63, 3.8) is 0 Å². The van der Waals surface area contributed by atoms with Gasteiger partial charge in [-0.3, -0.25) is 4.55 Å². The fraction of sp³-hybridized carbons (Fsp3) is 0.765. The molecule has 0 aliphatic heterocycles. The predicted octanol–water partition coefficient (Wildman–Crippen LogP) is 2.83. The number of alkyl halides is 2. The van der Waals surface area contributed by atoms with Crippen LogP contribution < -0.4 is 0 Å². The molecule has 4 bridgehead atoms. The molecule has 2 unspecified atom stereocenters. The van der Waals surface area contributed by atoms with Crippen molar-refractivity contribution in [3.8, 4) is 0 Å². The van der Waals surface area contributed by atoms with Crippen LogP contribution in [0.2, 0.25) is 0 Å². The normalized spacial score (nSPS) is 34.0. The summed E-state index contributed by atoms with van der Waals surface area (Å²) in [6.07, 6.45) is 1.89. The highest BCUT2D eigenvalue weighted by molar-refractivity contribution is 7.86. The third-order valence-corrected chi connectivity index (χ3v) is 6.52. The number of hydrogen-bond donors (Lipinski definition) is 1. The van der Waals surface area contributed by atoms with Crippen LogP contribution in [0.5, 0.6) is 0 Å². The molecule has 0 aromatic heterocycles. The van der Waals surface area contributed by atoms with Crippen molar-refractivity contribution in [2.75, 3.05) is 6.61 Å². The number of carbonyl (C=O) groups is 2. The summed E-state index contributed by atoms with van der Waals surface area (Å²) in [5.41, 5.74) is -1.58. The molecule has 0 aromatic carbocycles. The standard InChI is InChI=1S/C17H22F2O8S/c1-10(2)13(20)26-15-4-11-3-12(5-15)7-16(6-11,8-15)27-14(21)25-9-17(18,19)28(22,23)24/h11-12H,1,3-9H2,2H3,(H,22,23,24). The van der Waals surface area contributed by atoms with Gasteiger partial charge in [0, 0.05) is 12.0 Å². The zero-order valence-corrected chi connectivity index (χ0v) is 16.1. The van der Waals surface area contributed by atoms with Crippen LogP contribution in [0.3, 0.4) is 0 Å². The highest BCUT2D eigenvalue weighted by Crippen LogP contribution is 2.60. The van der Waals surface area contributed by atoms with E-state index in [2.05, 4.69) is 11.3 Å². The average Bonchev–Trinajstić information content (AvgIpc) is 2.49. The minimum atomic E-state index is -5.71. The molecule has 8 nitrogen and oxygen atoms in total. The summed E-state index contributed by atoms with van der Waals surface area (Å²) in [4.78, 5) is 24.0. The van der Waals surface area contributed by atoms with Gasteiger partial charge in [0.15, 0.2) is 6.61 Å². The molecule has 0 radical (unpaired) electrons. The highest BCUT2D eigenvalue weighted by atomic mass is 32.2. The Morgan fingerprint density at radius 2 is 1.64 bits per heavy atom. The Morgan fingerprint density at radius 3 is 2.11 bits per heavy atom. The van der Waals surface area contributed by atoms with Crippen molar-refractivity contribution < 1.29 is 45.6 Å². The highest BCUT2D eigenvalue weighted by Gasteiger charge is 2.62. The van der Waals surface area contributed by atoms with E-state index in [0.717, 1.165) is 6.42 Å². The smallest absolute Gasteiger partial charge is 0.456 e. The fourth-order valence-corrected chi connectivity index (χ4v) is 5.25. The first kappa shape index (κ1) is 21.0. The van der Waals surface area contributed by atoms with Crippen LogP contribution in [-0.4, -0.2) is 48.2 Å². The second-order valence-electron chi connectivity index (χ2n) is 8.25. The van der Waals surface area contributed by atoms with Gasteiger partial charge in [-0.2, -0.15) is 17.2 Å². The van der Waals surface area contributed by atoms with E-state index in [0.29, 0.717) is 25.7 Å². The Kier molecular flexibility index (Phi) is 4.98. The maximum atomic E-state index is 13.2. The maximum Gasteiger partial charge on any atom is 0.509 e. The van der Waals surface area contributed by atoms with E-state index in [1.807, 2.05) is 0 Å². The molecule has 28 heavy (non-hydrogen) atoms. The molecule has 4 aliphatic carbocycles. The zero-order valence-electron chi connectivity index (χ0n) is 15.3. The molecule has 158 valence electrons. The summed E-state index contributed by atoms with van der Waals surface area (Å²) in [5, 5.41) is -4.63. The Labute approximate surface area is 160 Å². The molecule has 4 aliphatic rings. The number of esters is 1. The Balaban J connectivity index is 1.69. The van der Waals surface area contributed by atoms with Gasteiger partial charge in [0.25, 0.3) is 0 Å². The van der Waals surface area contributed by atoms with E-state index in [4.69, 9.17) is 14.0 Å². The molecule has 4 rings (SSSR count). The Morgan fingerprint density at radius 1 is 1.14 bits per heavy atom. The number of carbonyl (C=O) groups excluding carboxylic acids is 2. The van der Waals surface area contributed by atoms with Crippen LogP contribution in [0.1, 0.15) is 45.4 Å². The van der Waals surface area contributed by atoms with Gasteiger partial charge in [0.2, 0.25) is 0 Å². The first-order valence-electron chi connectivity index (χ1n) is 8.84. The van der Waals surface area contributed by atoms with Crippen LogP contribution in [0, 0.1) is 11.8 Å². The van der Waals surface area contributed by atoms with E-state index in [-0.39, 0.29) is 23.8 Å². The number of halogens is 2. The molecule has 0 aromatic rings. The van der Waals surface area contributed by atoms with Crippen molar-refractivity contribution in [2.24, 2.45) is 11.8 Å². The predicted molar refractivity (Wildman–Crippen MR) is 90.0 cm³/mol. The Hall–Kier alpha value is -1.75. The third kappa shape index (κ3) is 4.00. The molecule has 4 saturated carbocycles. The molecule has 0 spiro atoms. The summed E-state index contributed by atoms with van der Waals surface area (Å²) in [7, 11) is -5.71. The van der Waals surface area contributed by atoms with E-state index in [1.165, 1.54) is 6.92 Å². The number of rotatable bonds is 6. The minimum Gasteiger partial charge on any atom is -0.456 e. The van der Waals surface area contributed by atoms with Gasteiger partial charge in [0.1, 0.15) is 11.2 Å². The van der Waals surface area contributed by atoms with Crippen molar-refractivity contribution in [1.29, 1.82) is 0 Å². The van der Waals surface area contributed by atoms with E-state index < -0.39 is 45.3 Å². The zero-order chi connectivity index (χ0) is 21.0. The van der Waals surface area contributed by atoms with Gasteiger partial charge >= 0.3 is 27.5 Å². The lowest BCUT2D eigenvalue weighted by atomic mass is 9.52. The molecule has 0 amide bonds. The van der Waals surface area contributed by atoms with E-state index in [1.54, 1.807) is 0 Å². The topological polar surface area (TPSA) is 116 Å². The average molecular weight is 424 g/mol. The van der Waals surface area contributed by atoms with Crippen molar-refractivity contribution in [3.05, 3.63) is 12.2 Å². The van der Waals surface area contributed by atoms with Gasteiger partial charge in [-0.15, -0.1) is 0 Å². The summed E-state index contributed by atoms with van der Waals surface area (Å²) in [6, 6.07) is 0. The Bertz CT molecular complexity index is 792. The molecule has 0 heterocycles. The summed E-state index contributed by atoms with van der Waals surface area (Å²) < 4.78 is 71.4. The van der Waals surface area contributed by atoms with E-state index in [9.17, 15) is 26.8 Å². The SMILES string of the molecule is C=C(C)C(=O)OC12CC3CC(CC(OC(=O)OCC(F)(F)S(=O)(=O)O)(C3)C1)C2. The van der Waals surface area contributed by atoms with Crippen LogP contribution in [0.4, 0.5) is 13.6 Å². The second kappa shape index (κ2) is 6.65. The summed E-state index contributed by atoms with van der Waals surface area (Å²) in [5.74, 6) is -0.245. The third-order valence-electron chi connectivity index (χ3n) is 5.65. The van der Waals surface area contributed by atoms with Gasteiger partial charge in [-0.1, -0.05) is 6.58 Å². The molecular weight excluding hydrogens is 402 g/mol. The molecule has 2 atom stereocenters. The number of ether oxygens (including phenoxy) is 3. The molecular formula is C17H22F2O8S. The number of hydrogen-bond acceptors (Lipinski definition) is 7. The van der Waals surface area contributed by atoms with Gasteiger partial charge < -0.3 is 14.2 Å². The molecule has 4 fully saturated rings. The van der Waals surface area contributed by atoms with Crippen molar-refractivity contribution >= 4 is 22.2 Å². The van der Waals surface area contributed by atoms with E-state index >= 15 is 0 Å². The van der Waals surface area contributed by atoms with Crippen molar-refractivity contribution in [1.82, 2.24) is 0 Å². The first-order valence-corrected chi connectivity index (χ1v) is 10.3. The maximum absolute atomic E-state index is 13.2. The lowest BCUT2D eigenvalue weighted by Crippen LogP contribution is -2.61. The largest absolute Gasteiger partial charge is 0.509 e. The van der Waals surface area contributed by atoms with Gasteiger partial charge in [0.05, 0.1) is 0 Å². The molecule has 1 N–H and O–H groups in total. The van der Waals surface area contributed by atoms with Crippen LogP contribution in [0.15, 0.2) is 12.2 Å². The lowest BCUT2D eigenvalue weighted by Gasteiger charge is -2.59. The van der Waals surface area contributed by atoms with Crippen LogP contribution in [-0.2, 0) is 29.1 Å². The monoisotopic (exact) mass is 424 g/mol. The summed E-state index contributed by atoms with van der Waals surface area (Å²) in [6.45, 7) is 3.24. The van der Waals surface area contributed by atoms with Crippen molar-refractivity contribution in [2.45, 2.75) is 61.9 Å².